The fourth-order valence-corrected chi connectivity index (χ4v) is 4.65. The molecule has 6 nitrogen and oxygen atoms in total. The molecule has 1 atom stereocenters. The van der Waals surface area contributed by atoms with Crippen LogP contribution in [0.15, 0.2) is 42.5 Å². The van der Waals surface area contributed by atoms with Gasteiger partial charge in [-0.05, 0) is 74.8 Å². The average Bonchev–Trinajstić information content (AvgIpc) is 3.61. The monoisotopic (exact) mass is 479 g/mol. The number of aromatic nitrogens is 1. The lowest BCUT2D eigenvalue weighted by atomic mass is 9.92. The van der Waals surface area contributed by atoms with Gasteiger partial charge in [0.1, 0.15) is 24.5 Å². The molecule has 1 amide bonds. The summed E-state index contributed by atoms with van der Waals surface area (Å²) >= 11 is 0. The van der Waals surface area contributed by atoms with E-state index in [1.54, 1.807) is 30.3 Å². The van der Waals surface area contributed by atoms with Crippen molar-refractivity contribution in [2.75, 3.05) is 11.9 Å². The highest BCUT2D eigenvalue weighted by molar-refractivity contribution is 5.96. The number of amides is 1. The first-order valence-electron chi connectivity index (χ1n) is 12.0. The summed E-state index contributed by atoms with van der Waals surface area (Å²) in [6.45, 7) is 1.23. The molecule has 182 valence electrons. The summed E-state index contributed by atoms with van der Waals surface area (Å²) in [7, 11) is 0. The third-order valence-corrected chi connectivity index (χ3v) is 6.89. The molecule has 0 radical (unpaired) electrons. The number of hydrogen-bond donors (Lipinski definition) is 1. The van der Waals surface area contributed by atoms with Crippen molar-refractivity contribution in [1.82, 2.24) is 4.57 Å². The Morgan fingerprint density at radius 1 is 1.17 bits per heavy atom. The lowest BCUT2D eigenvalue weighted by Crippen LogP contribution is -2.21. The molecular weight excluding hydrogens is 452 g/mol. The molecule has 1 N–H and O–H groups in total. The number of halogens is 2. The molecule has 2 aliphatic rings. The summed E-state index contributed by atoms with van der Waals surface area (Å²) < 4.78 is 38.1. The van der Waals surface area contributed by atoms with Crippen LogP contribution in [-0.2, 0) is 4.74 Å². The molecule has 2 fully saturated rings. The van der Waals surface area contributed by atoms with Crippen LogP contribution in [-0.4, -0.2) is 29.8 Å². The molecule has 1 unspecified atom stereocenters. The summed E-state index contributed by atoms with van der Waals surface area (Å²) in [5.74, 6) is 0.813. The number of anilines is 1. The molecule has 3 aromatic rings. The van der Waals surface area contributed by atoms with Gasteiger partial charge in [0.15, 0.2) is 0 Å². The van der Waals surface area contributed by atoms with E-state index >= 15 is 0 Å². The Morgan fingerprint density at radius 2 is 1.91 bits per heavy atom. The zero-order chi connectivity index (χ0) is 24.5. The molecule has 0 aliphatic heterocycles. The highest BCUT2D eigenvalue weighted by Crippen LogP contribution is 2.43. The largest absolute Gasteiger partial charge is 0.488 e. The van der Waals surface area contributed by atoms with E-state index < -0.39 is 19.1 Å². The van der Waals surface area contributed by atoms with Crippen LogP contribution in [0.1, 0.15) is 50.6 Å². The Hall–Kier alpha value is -3.60. The highest BCUT2D eigenvalue weighted by atomic mass is 19.3. The molecule has 5 rings (SSSR count). The molecule has 0 saturated heterocycles. The van der Waals surface area contributed by atoms with Gasteiger partial charge < -0.3 is 14.0 Å². The van der Waals surface area contributed by atoms with Gasteiger partial charge in [-0.1, -0.05) is 12.1 Å². The van der Waals surface area contributed by atoms with E-state index in [9.17, 15) is 18.8 Å². The van der Waals surface area contributed by atoms with Gasteiger partial charge in [0.25, 0.3) is 6.43 Å². The number of benzene rings is 2. The first-order valence-corrected chi connectivity index (χ1v) is 12.0. The summed E-state index contributed by atoms with van der Waals surface area (Å²) in [6, 6.07) is 15.0. The van der Waals surface area contributed by atoms with Gasteiger partial charge in [-0.2, -0.15) is 5.26 Å². The van der Waals surface area contributed by atoms with Crippen LogP contribution in [0.4, 0.5) is 19.3 Å². The molecule has 2 saturated carbocycles. The van der Waals surface area contributed by atoms with E-state index in [1.165, 1.54) is 0 Å². The van der Waals surface area contributed by atoms with Crippen LogP contribution in [0.3, 0.4) is 0 Å². The maximum atomic E-state index is 12.7. The number of ether oxygens (including phenoxy) is 2. The smallest absolute Gasteiger partial charge is 0.411 e. The van der Waals surface area contributed by atoms with E-state index in [-0.39, 0.29) is 12.1 Å². The van der Waals surface area contributed by atoms with Crippen molar-refractivity contribution in [2.24, 2.45) is 5.92 Å². The minimum Gasteiger partial charge on any atom is -0.488 e. The van der Waals surface area contributed by atoms with Crippen molar-refractivity contribution >= 4 is 22.7 Å². The second-order valence-corrected chi connectivity index (χ2v) is 9.32. The molecule has 8 heteroatoms. The molecular formula is C27H27F2N3O3. The number of carbonyl (C=O) groups is 1. The van der Waals surface area contributed by atoms with E-state index in [2.05, 4.69) is 16.0 Å². The van der Waals surface area contributed by atoms with Crippen LogP contribution >= 0.6 is 0 Å². The van der Waals surface area contributed by atoms with Gasteiger partial charge in [0.05, 0.1) is 16.8 Å². The second-order valence-electron chi connectivity index (χ2n) is 9.32. The lowest BCUT2D eigenvalue weighted by molar-refractivity contribution is 0.0819. The Bertz CT molecular complexity index is 1270. The van der Waals surface area contributed by atoms with E-state index in [1.807, 2.05) is 19.1 Å². The Morgan fingerprint density at radius 3 is 2.51 bits per heavy atom. The van der Waals surface area contributed by atoms with E-state index in [4.69, 9.17) is 9.47 Å². The molecule has 1 aromatic heterocycles. The number of rotatable bonds is 8. The number of carbonyl (C=O) groups excluding carboxylic acids is 1. The third-order valence-electron chi connectivity index (χ3n) is 6.89. The maximum Gasteiger partial charge on any atom is 0.411 e. The summed E-state index contributed by atoms with van der Waals surface area (Å²) in [4.78, 5) is 12.2. The minimum atomic E-state index is -2.56. The fraction of sp³-hybridized carbons (Fsp3) is 0.407. The van der Waals surface area contributed by atoms with Crippen LogP contribution in [0.2, 0.25) is 0 Å². The Balaban J connectivity index is 1.46. The predicted octanol–water partition coefficient (Wildman–Crippen LogP) is 6.90. The average molecular weight is 480 g/mol. The second kappa shape index (κ2) is 9.57. The van der Waals surface area contributed by atoms with Gasteiger partial charge >= 0.3 is 6.09 Å². The van der Waals surface area contributed by atoms with Gasteiger partial charge in [-0.15, -0.1) is 0 Å². The number of fused-ring (bicyclic) bond motifs is 1. The molecule has 0 bridgehead atoms. The molecule has 35 heavy (non-hydrogen) atoms. The number of nitriles is 1. The first kappa shape index (κ1) is 23.2. The zero-order valence-corrected chi connectivity index (χ0v) is 19.5. The van der Waals surface area contributed by atoms with Gasteiger partial charge in [0.2, 0.25) is 0 Å². The summed E-state index contributed by atoms with van der Waals surface area (Å²) in [5.41, 5.74) is 3.56. The minimum absolute atomic E-state index is 0.0970. The SMILES string of the molecule is CC(OC(=O)Nc1ccc(-c2c(C#N)c3ccc(OCC(F)F)cc3n2C2CCC2)cc1)C1CC1. The van der Waals surface area contributed by atoms with Crippen molar-refractivity contribution in [2.45, 2.75) is 57.6 Å². The lowest BCUT2D eigenvalue weighted by Gasteiger charge is -2.30. The standard InChI is InChI=1S/C27H27F2N3O3/c1-16(17-5-6-17)35-27(33)31-19-9-7-18(8-10-19)26-23(14-30)22-12-11-21(34-15-25(28)29)13-24(22)32(26)20-3-2-4-20/h7-13,16-17,20,25H,2-6,15H2,1H3,(H,31,33). The number of hydrogen-bond acceptors (Lipinski definition) is 4. The zero-order valence-electron chi connectivity index (χ0n) is 19.5. The summed E-state index contributed by atoms with van der Waals surface area (Å²) in [5, 5.41) is 13.6. The summed E-state index contributed by atoms with van der Waals surface area (Å²) in [6.07, 6.45) is 2.12. The Labute approximate surface area is 202 Å². The maximum absolute atomic E-state index is 12.7. The van der Waals surface area contributed by atoms with Crippen molar-refractivity contribution in [3.8, 4) is 23.1 Å². The molecule has 1 heterocycles. The first-order chi connectivity index (χ1) is 16.9. The predicted molar refractivity (Wildman–Crippen MR) is 129 cm³/mol. The molecule has 2 aromatic carbocycles. The Kier molecular flexibility index (Phi) is 6.33. The van der Waals surface area contributed by atoms with Crippen molar-refractivity contribution in [3.05, 3.63) is 48.0 Å². The van der Waals surface area contributed by atoms with Crippen molar-refractivity contribution < 1.29 is 23.0 Å². The fourth-order valence-electron chi connectivity index (χ4n) is 4.65. The third kappa shape index (κ3) is 4.81. The van der Waals surface area contributed by atoms with Gasteiger partial charge in [-0.3, -0.25) is 5.32 Å². The quantitative estimate of drug-likeness (QED) is 0.381. The van der Waals surface area contributed by atoms with Gasteiger partial charge in [-0.25, -0.2) is 13.6 Å². The normalized spacial score (nSPS) is 16.5. The van der Waals surface area contributed by atoms with E-state index in [0.29, 0.717) is 22.9 Å². The van der Waals surface area contributed by atoms with Gasteiger partial charge in [0, 0.05) is 23.2 Å². The van der Waals surface area contributed by atoms with Crippen molar-refractivity contribution in [3.63, 3.8) is 0 Å². The van der Waals surface area contributed by atoms with Crippen molar-refractivity contribution in [1.29, 1.82) is 5.26 Å². The van der Waals surface area contributed by atoms with Crippen LogP contribution < -0.4 is 10.1 Å². The number of alkyl halides is 2. The molecule has 0 spiro atoms. The van der Waals surface area contributed by atoms with Crippen LogP contribution in [0.25, 0.3) is 22.2 Å². The van der Waals surface area contributed by atoms with Crippen LogP contribution in [0.5, 0.6) is 5.75 Å². The topological polar surface area (TPSA) is 76.3 Å². The number of nitrogens with zero attached hydrogens (tertiary/aromatic N) is 2. The number of nitrogens with one attached hydrogen (secondary N) is 1. The van der Waals surface area contributed by atoms with Crippen LogP contribution in [0, 0.1) is 17.2 Å². The highest BCUT2D eigenvalue weighted by Gasteiger charge is 2.31. The molecule has 2 aliphatic carbocycles. The van der Waals surface area contributed by atoms with E-state index in [0.717, 1.165) is 54.3 Å².